The summed E-state index contributed by atoms with van der Waals surface area (Å²) in [7, 11) is 1.63. The molecular formula is C9H17NOS. The van der Waals surface area contributed by atoms with Crippen molar-refractivity contribution in [1.29, 1.82) is 0 Å². The summed E-state index contributed by atoms with van der Waals surface area (Å²) in [6.07, 6.45) is 3.02. The molecule has 0 aromatic rings. The fraction of sp³-hybridized carbons (Fsp3) is 0.667. The number of amides is 1. The molecule has 0 saturated heterocycles. The zero-order valence-corrected chi connectivity index (χ0v) is 8.99. The lowest BCUT2D eigenvalue weighted by Gasteiger charge is -2.14. The predicted octanol–water partition coefficient (Wildman–Crippen LogP) is 3.01. The van der Waals surface area contributed by atoms with Gasteiger partial charge in [0.1, 0.15) is 0 Å². The van der Waals surface area contributed by atoms with Crippen LogP contribution in [0.1, 0.15) is 27.2 Å². The molecular weight excluding hydrogens is 170 g/mol. The Morgan fingerprint density at radius 2 is 2.08 bits per heavy atom. The molecule has 2 nitrogen and oxygen atoms in total. The second kappa shape index (κ2) is 5.25. The van der Waals surface area contributed by atoms with Gasteiger partial charge >= 0.3 is 0 Å². The Bertz CT molecular complexity index is 170. The van der Waals surface area contributed by atoms with Crippen LogP contribution in [0.15, 0.2) is 11.5 Å². The lowest BCUT2D eigenvalue weighted by atomic mass is 9.93. The highest BCUT2D eigenvalue weighted by Crippen LogP contribution is 2.19. The van der Waals surface area contributed by atoms with Gasteiger partial charge in [0, 0.05) is 7.05 Å². The van der Waals surface area contributed by atoms with Gasteiger partial charge in [0.05, 0.1) is 0 Å². The van der Waals surface area contributed by atoms with Gasteiger partial charge in [-0.2, -0.15) is 0 Å². The molecule has 0 radical (unpaired) electrons. The quantitative estimate of drug-likeness (QED) is 0.720. The molecule has 0 aliphatic heterocycles. The summed E-state index contributed by atoms with van der Waals surface area (Å²) in [5, 5.41) is 4.36. The van der Waals surface area contributed by atoms with E-state index in [1.807, 2.05) is 11.5 Å². The van der Waals surface area contributed by atoms with Crippen LogP contribution in [0, 0.1) is 5.41 Å². The number of thioether (sulfide) groups is 1. The summed E-state index contributed by atoms with van der Waals surface area (Å²) < 4.78 is 0. The summed E-state index contributed by atoms with van der Waals surface area (Å²) in [5.74, 6) is 0. The van der Waals surface area contributed by atoms with Gasteiger partial charge in [0.15, 0.2) is 0 Å². The predicted molar refractivity (Wildman–Crippen MR) is 55.3 cm³/mol. The summed E-state index contributed by atoms with van der Waals surface area (Å²) in [6, 6.07) is 0. The molecule has 1 N–H and O–H groups in total. The summed E-state index contributed by atoms with van der Waals surface area (Å²) in [6.45, 7) is 6.51. The van der Waals surface area contributed by atoms with E-state index in [1.165, 1.54) is 11.8 Å². The van der Waals surface area contributed by atoms with Crippen LogP contribution in [-0.2, 0) is 0 Å². The normalized spacial score (nSPS) is 12.0. The molecule has 0 fully saturated rings. The van der Waals surface area contributed by atoms with E-state index < -0.39 is 0 Å². The van der Waals surface area contributed by atoms with Crippen LogP contribution in [-0.4, -0.2) is 12.3 Å². The fourth-order valence-corrected chi connectivity index (χ4v) is 1.00. The first-order valence-corrected chi connectivity index (χ1v) is 4.87. The zero-order chi connectivity index (χ0) is 9.61. The first kappa shape index (κ1) is 11.6. The second-order valence-corrected chi connectivity index (χ2v) is 4.67. The average Bonchev–Trinajstić information content (AvgIpc) is 1.96. The van der Waals surface area contributed by atoms with E-state index in [0.717, 1.165) is 6.42 Å². The molecule has 0 aromatic carbocycles. The maximum Gasteiger partial charge on any atom is 0.283 e. The molecule has 0 rings (SSSR count). The van der Waals surface area contributed by atoms with E-state index in [1.54, 1.807) is 7.05 Å². The van der Waals surface area contributed by atoms with Crippen LogP contribution in [0.25, 0.3) is 0 Å². The van der Waals surface area contributed by atoms with Crippen molar-refractivity contribution >= 4 is 17.0 Å². The summed E-state index contributed by atoms with van der Waals surface area (Å²) in [5.41, 5.74) is 0.305. The molecule has 0 saturated carbocycles. The highest BCUT2D eigenvalue weighted by atomic mass is 32.2. The Kier molecular flexibility index (Phi) is 5.06. The van der Waals surface area contributed by atoms with Gasteiger partial charge < -0.3 is 5.32 Å². The lowest BCUT2D eigenvalue weighted by molar-refractivity contribution is 0.262. The Hall–Kier alpha value is -0.440. The van der Waals surface area contributed by atoms with Gasteiger partial charge in [-0.15, -0.1) is 0 Å². The fourth-order valence-electron chi connectivity index (χ4n) is 0.571. The Balaban J connectivity index is 3.58. The summed E-state index contributed by atoms with van der Waals surface area (Å²) in [4.78, 5) is 10.7. The van der Waals surface area contributed by atoms with Crippen molar-refractivity contribution in [2.45, 2.75) is 27.2 Å². The smallest absolute Gasteiger partial charge is 0.283 e. The number of carbonyl (C=O) groups is 1. The maximum atomic E-state index is 10.7. The molecule has 0 atom stereocenters. The Labute approximate surface area is 78.8 Å². The number of rotatable bonds is 2. The molecule has 0 unspecified atom stereocenters. The highest BCUT2D eigenvalue weighted by Gasteiger charge is 2.06. The largest absolute Gasteiger partial charge is 0.350 e. The minimum Gasteiger partial charge on any atom is -0.350 e. The monoisotopic (exact) mass is 187 g/mol. The van der Waals surface area contributed by atoms with Gasteiger partial charge in [0.25, 0.3) is 5.24 Å². The molecule has 0 aliphatic rings. The lowest BCUT2D eigenvalue weighted by Crippen LogP contribution is -2.09. The van der Waals surface area contributed by atoms with E-state index in [-0.39, 0.29) is 5.24 Å². The van der Waals surface area contributed by atoms with E-state index >= 15 is 0 Å². The van der Waals surface area contributed by atoms with Crippen molar-refractivity contribution in [2.75, 3.05) is 7.05 Å². The van der Waals surface area contributed by atoms with Gasteiger partial charge in [-0.25, -0.2) is 0 Å². The van der Waals surface area contributed by atoms with Crippen LogP contribution >= 0.6 is 11.8 Å². The van der Waals surface area contributed by atoms with E-state index in [4.69, 9.17) is 0 Å². The molecule has 0 bridgehead atoms. The molecule has 0 aromatic heterocycles. The molecule has 70 valence electrons. The van der Waals surface area contributed by atoms with Crippen molar-refractivity contribution < 1.29 is 4.79 Å². The minimum absolute atomic E-state index is 0.0137. The van der Waals surface area contributed by atoms with Crippen LogP contribution in [0.5, 0.6) is 0 Å². The number of carbonyl (C=O) groups excluding carboxylic acids is 1. The molecule has 1 amide bonds. The van der Waals surface area contributed by atoms with Crippen molar-refractivity contribution in [2.24, 2.45) is 5.41 Å². The first-order valence-electron chi connectivity index (χ1n) is 3.99. The first-order chi connectivity index (χ1) is 5.45. The van der Waals surface area contributed by atoms with Crippen LogP contribution in [0.3, 0.4) is 0 Å². The van der Waals surface area contributed by atoms with Crippen molar-refractivity contribution in [3.8, 4) is 0 Å². The van der Waals surface area contributed by atoms with Gasteiger partial charge in [-0.3, -0.25) is 4.79 Å². The molecule has 12 heavy (non-hydrogen) atoms. The number of nitrogens with one attached hydrogen (secondary N) is 1. The van der Waals surface area contributed by atoms with Crippen LogP contribution in [0.4, 0.5) is 4.79 Å². The van der Waals surface area contributed by atoms with E-state index in [9.17, 15) is 4.79 Å². The Morgan fingerprint density at radius 3 is 2.50 bits per heavy atom. The Morgan fingerprint density at radius 1 is 1.50 bits per heavy atom. The number of hydrogen-bond donors (Lipinski definition) is 1. The van der Waals surface area contributed by atoms with E-state index in [0.29, 0.717) is 5.41 Å². The van der Waals surface area contributed by atoms with Gasteiger partial charge in [-0.1, -0.05) is 26.8 Å². The standard InChI is InChI=1S/C9H17NOS/c1-9(2,3)6-5-7-12-8(11)10-4/h5,7H,6H2,1-4H3,(H,10,11)/b7-5+. The third-order valence-electron chi connectivity index (χ3n) is 1.21. The zero-order valence-electron chi connectivity index (χ0n) is 8.18. The molecule has 3 heteroatoms. The highest BCUT2D eigenvalue weighted by molar-refractivity contribution is 8.16. The number of allylic oxidation sites excluding steroid dienone is 1. The van der Waals surface area contributed by atoms with Crippen molar-refractivity contribution in [3.05, 3.63) is 11.5 Å². The molecule has 0 heterocycles. The van der Waals surface area contributed by atoms with Crippen LogP contribution in [0.2, 0.25) is 0 Å². The molecule has 0 aliphatic carbocycles. The average molecular weight is 187 g/mol. The third-order valence-corrected chi connectivity index (χ3v) is 1.95. The van der Waals surface area contributed by atoms with Crippen molar-refractivity contribution in [1.82, 2.24) is 5.32 Å². The van der Waals surface area contributed by atoms with Crippen LogP contribution < -0.4 is 5.32 Å². The maximum absolute atomic E-state index is 10.7. The second-order valence-electron chi connectivity index (χ2n) is 3.79. The van der Waals surface area contributed by atoms with Gasteiger partial charge in [-0.05, 0) is 29.0 Å². The third kappa shape index (κ3) is 7.66. The molecule has 0 spiro atoms. The van der Waals surface area contributed by atoms with E-state index in [2.05, 4.69) is 26.1 Å². The minimum atomic E-state index is -0.0137. The number of hydrogen-bond acceptors (Lipinski definition) is 2. The van der Waals surface area contributed by atoms with Crippen molar-refractivity contribution in [3.63, 3.8) is 0 Å². The SMILES string of the molecule is CNC(=O)S/C=C/CC(C)(C)C. The summed E-state index contributed by atoms with van der Waals surface area (Å²) >= 11 is 1.19. The van der Waals surface area contributed by atoms with Gasteiger partial charge in [0.2, 0.25) is 0 Å². The topological polar surface area (TPSA) is 29.1 Å².